The number of anilines is 3. The average Bonchev–Trinajstić information content (AvgIpc) is 3.84. The number of rotatable bonds is 7. The summed E-state index contributed by atoms with van der Waals surface area (Å²) in [6.45, 7) is 4.54. The minimum atomic E-state index is -0.403. The van der Waals surface area contributed by atoms with E-state index in [0.717, 1.165) is 41.1 Å². The van der Waals surface area contributed by atoms with Crippen LogP contribution in [0.3, 0.4) is 0 Å². The second-order valence-electron chi connectivity index (χ2n) is 12.0. The number of hydrogen-bond donors (Lipinski definition) is 1. The van der Waals surface area contributed by atoms with Gasteiger partial charge in [-0.25, -0.2) is 24.3 Å². The first kappa shape index (κ1) is 30.7. The Balaban J connectivity index is 1.11. The van der Waals surface area contributed by atoms with Gasteiger partial charge in [-0.3, -0.25) is 9.20 Å². The topological polar surface area (TPSA) is 127 Å². The van der Waals surface area contributed by atoms with Gasteiger partial charge in [0, 0.05) is 74.4 Å². The molecule has 240 valence electrons. The molecule has 0 unspecified atom stereocenters. The van der Waals surface area contributed by atoms with Crippen LogP contribution in [-0.2, 0) is 11.2 Å². The number of nitriles is 1. The Morgan fingerprint density at radius 2 is 1.77 bits per heavy atom. The van der Waals surface area contributed by atoms with Crippen LogP contribution < -0.4 is 9.80 Å². The smallest absolute Gasteiger partial charge is 0.225 e. The number of halogens is 1. The van der Waals surface area contributed by atoms with Gasteiger partial charge in [-0.05, 0) is 62.1 Å². The molecule has 1 N–H and O–H groups in total. The SMILES string of the molecule is CCc1nc2ccc(-c3cnc(N4CCC(C(=O)N5CC[C@@H](O)C5)CC4)nc3)cn2c1N(C)c1nc(-c2ccc(F)cc2)c(C#N)s1. The number of imidazole rings is 1. The third-order valence-electron chi connectivity index (χ3n) is 9.01. The zero-order chi connectivity index (χ0) is 32.7. The van der Waals surface area contributed by atoms with E-state index >= 15 is 0 Å². The third kappa shape index (κ3) is 5.90. The zero-order valence-electron chi connectivity index (χ0n) is 26.2. The molecule has 13 heteroatoms. The van der Waals surface area contributed by atoms with Crippen LogP contribution in [0.5, 0.6) is 0 Å². The Morgan fingerprint density at radius 1 is 1.04 bits per heavy atom. The molecule has 2 aliphatic rings. The number of amides is 1. The van der Waals surface area contributed by atoms with Crippen LogP contribution in [0.25, 0.3) is 28.0 Å². The lowest BCUT2D eigenvalue weighted by Crippen LogP contribution is -2.42. The fraction of sp³-hybridized carbons (Fsp3) is 0.353. The van der Waals surface area contributed by atoms with Crippen molar-refractivity contribution in [2.75, 3.05) is 43.0 Å². The van der Waals surface area contributed by atoms with E-state index in [1.807, 2.05) is 47.1 Å². The first-order chi connectivity index (χ1) is 22.8. The van der Waals surface area contributed by atoms with E-state index in [9.17, 15) is 19.6 Å². The maximum Gasteiger partial charge on any atom is 0.225 e. The van der Waals surface area contributed by atoms with Gasteiger partial charge in [0.05, 0.1) is 11.8 Å². The number of benzene rings is 1. The number of hydrogen-bond acceptors (Lipinski definition) is 10. The van der Waals surface area contributed by atoms with Gasteiger partial charge in [0.25, 0.3) is 0 Å². The summed E-state index contributed by atoms with van der Waals surface area (Å²) < 4.78 is 15.6. The summed E-state index contributed by atoms with van der Waals surface area (Å²) in [4.78, 5) is 38.2. The Hall–Kier alpha value is -4.93. The Bertz CT molecular complexity index is 1960. The van der Waals surface area contributed by atoms with Crippen LogP contribution in [0, 0.1) is 23.1 Å². The van der Waals surface area contributed by atoms with Crippen LogP contribution in [0.4, 0.5) is 21.3 Å². The molecule has 6 heterocycles. The van der Waals surface area contributed by atoms with Crippen molar-refractivity contribution < 1.29 is 14.3 Å². The van der Waals surface area contributed by atoms with E-state index in [-0.39, 0.29) is 17.6 Å². The maximum atomic E-state index is 13.6. The molecule has 2 fully saturated rings. The molecule has 0 bridgehead atoms. The Labute approximate surface area is 275 Å². The molecule has 5 aromatic rings. The van der Waals surface area contributed by atoms with Crippen molar-refractivity contribution in [3.05, 3.63) is 71.4 Å². The molecule has 0 spiro atoms. The quantitative estimate of drug-likeness (QED) is 0.257. The summed E-state index contributed by atoms with van der Waals surface area (Å²) in [7, 11) is 1.91. The summed E-state index contributed by atoms with van der Waals surface area (Å²) in [5.41, 5.74) is 4.64. The molecular weight excluding hydrogens is 618 g/mol. The number of piperidine rings is 1. The van der Waals surface area contributed by atoms with Gasteiger partial charge in [0.15, 0.2) is 5.13 Å². The highest BCUT2D eigenvalue weighted by atomic mass is 32.1. The third-order valence-corrected chi connectivity index (χ3v) is 10.0. The number of carbonyl (C=O) groups excluding carboxylic acids is 1. The van der Waals surface area contributed by atoms with E-state index < -0.39 is 6.10 Å². The van der Waals surface area contributed by atoms with E-state index in [4.69, 9.17) is 9.97 Å². The summed E-state index contributed by atoms with van der Waals surface area (Å²) >= 11 is 1.28. The number of pyridine rings is 1. The number of aliphatic hydroxyl groups excluding tert-OH is 1. The molecule has 11 nitrogen and oxygen atoms in total. The molecule has 1 amide bonds. The van der Waals surface area contributed by atoms with Crippen LogP contribution in [0.15, 0.2) is 55.0 Å². The fourth-order valence-corrected chi connectivity index (χ4v) is 7.28. The largest absolute Gasteiger partial charge is 0.391 e. The minimum absolute atomic E-state index is 0.0246. The van der Waals surface area contributed by atoms with Crippen molar-refractivity contribution in [2.45, 2.75) is 38.7 Å². The lowest BCUT2D eigenvalue weighted by atomic mass is 9.95. The monoisotopic (exact) mass is 651 g/mol. The van der Waals surface area contributed by atoms with E-state index in [1.165, 1.54) is 23.5 Å². The fourth-order valence-electron chi connectivity index (χ4n) is 6.43. The van der Waals surface area contributed by atoms with Gasteiger partial charge in [-0.1, -0.05) is 18.3 Å². The molecule has 0 saturated carbocycles. The van der Waals surface area contributed by atoms with Gasteiger partial charge in [0.2, 0.25) is 11.9 Å². The molecule has 47 heavy (non-hydrogen) atoms. The van der Waals surface area contributed by atoms with Crippen molar-refractivity contribution in [1.82, 2.24) is 29.2 Å². The average molecular weight is 652 g/mol. The highest BCUT2D eigenvalue weighted by molar-refractivity contribution is 7.16. The van der Waals surface area contributed by atoms with Crippen molar-refractivity contribution in [3.63, 3.8) is 0 Å². The Morgan fingerprint density at radius 3 is 2.43 bits per heavy atom. The van der Waals surface area contributed by atoms with Crippen LogP contribution in [-0.4, -0.2) is 79.6 Å². The lowest BCUT2D eigenvalue weighted by Gasteiger charge is -2.33. The predicted octanol–water partition coefficient (Wildman–Crippen LogP) is 5.07. The number of likely N-dealkylation sites (tertiary alicyclic amines) is 1. The normalized spacial score (nSPS) is 17.0. The number of aromatic nitrogens is 5. The number of fused-ring (bicyclic) bond motifs is 1. The molecule has 2 saturated heterocycles. The summed E-state index contributed by atoms with van der Waals surface area (Å²) in [5.74, 6) is 1.26. The second-order valence-corrected chi connectivity index (χ2v) is 13.0. The number of thiazole rings is 1. The second kappa shape index (κ2) is 12.7. The van der Waals surface area contributed by atoms with Crippen molar-refractivity contribution in [1.29, 1.82) is 5.26 Å². The van der Waals surface area contributed by atoms with E-state index in [0.29, 0.717) is 66.2 Å². The standard InChI is InChI=1S/C34H34FN9O2S/c1-3-27-31(41(2)34-40-30(28(16-36)47-34)21-4-7-25(35)8-5-21)44-19-23(6-9-29(44)39-27)24-17-37-33(38-18-24)42-13-10-22(11-14-42)32(46)43-15-12-26(45)20-43/h4-9,17-19,22,26,45H,3,10-15,20H2,1-2H3/t26-/m1/s1. The predicted molar refractivity (Wildman–Crippen MR) is 178 cm³/mol. The van der Waals surface area contributed by atoms with Gasteiger partial charge in [-0.2, -0.15) is 5.26 Å². The maximum absolute atomic E-state index is 13.6. The van der Waals surface area contributed by atoms with Gasteiger partial charge >= 0.3 is 0 Å². The molecule has 0 radical (unpaired) electrons. The number of carbonyl (C=O) groups is 1. The van der Waals surface area contributed by atoms with Crippen LogP contribution in [0.1, 0.15) is 36.8 Å². The molecule has 4 aromatic heterocycles. The highest BCUT2D eigenvalue weighted by Gasteiger charge is 2.33. The van der Waals surface area contributed by atoms with Gasteiger partial charge < -0.3 is 19.8 Å². The summed E-state index contributed by atoms with van der Waals surface area (Å²) in [6.07, 6.45) is 8.08. The van der Waals surface area contributed by atoms with E-state index in [1.54, 1.807) is 17.0 Å². The van der Waals surface area contributed by atoms with Crippen molar-refractivity contribution >= 4 is 39.8 Å². The zero-order valence-corrected chi connectivity index (χ0v) is 27.0. The van der Waals surface area contributed by atoms with Gasteiger partial charge in [-0.15, -0.1) is 0 Å². The number of aryl methyl sites for hydroxylation is 1. The minimum Gasteiger partial charge on any atom is -0.391 e. The molecule has 0 aliphatic carbocycles. The van der Waals surface area contributed by atoms with Crippen LogP contribution >= 0.6 is 11.3 Å². The first-order valence-corrected chi connectivity index (χ1v) is 16.6. The lowest BCUT2D eigenvalue weighted by molar-refractivity contribution is -0.135. The van der Waals surface area contributed by atoms with E-state index in [2.05, 4.69) is 27.9 Å². The van der Waals surface area contributed by atoms with Crippen LogP contribution in [0.2, 0.25) is 0 Å². The highest BCUT2D eigenvalue weighted by Crippen LogP contribution is 2.37. The number of aliphatic hydroxyl groups is 1. The van der Waals surface area contributed by atoms with Gasteiger partial charge in [0.1, 0.15) is 33.9 Å². The Kier molecular flexibility index (Phi) is 8.30. The number of nitrogens with zero attached hydrogens (tertiary/aromatic N) is 9. The summed E-state index contributed by atoms with van der Waals surface area (Å²) in [6, 6.07) is 12.2. The molecule has 1 aromatic carbocycles. The molecule has 7 rings (SSSR count). The van der Waals surface area contributed by atoms with Crippen molar-refractivity contribution in [2.24, 2.45) is 5.92 Å². The molecule has 2 aliphatic heterocycles. The molecular formula is C34H34FN9O2S. The first-order valence-electron chi connectivity index (χ1n) is 15.8. The van der Waals surface area contributed by atoms with Crippen molar-refractivity contribution in [3.8, 4) is 28.5 Å². The number of β-amino-alcohol motifs (C(OH)–C–C–N with tert-alkyl or cyclic N) is 1. The summed E-state index contributed by atoms with van der Waals surface area (Å²) in [5, 5.41) is 20.3. The molecule has 1 atom stereocenters.